The number of hydrogen-bond acceptors (Lipinski definition) is 4. The third kappa shape index (κ3) is 3.41. The molecule has 2 heterocycles. The van der Waals surface area contributed by atoms with Gasteiger partial charge in [-0.2, -0.15) is 0 Å². The minimum absolute atomic E-state index is 0.0471. The number of carbonyl (C=O) groups is 1. The highest BCUT2D eigenvalue weighted by atomic mass is 32.1. The largest absolute Gasteiger partial charge is 0.494 e. The first-order chi connectivity index (χ1) is 11.5. The van der Waals surface area contributed by atoms with Crippen LogP contribution < -0.4 is 14.8 Å². The molecule has 3 rings (SSSR count). The summed E-state index contributed by atoms with van der Waals surface area (Å²) in [7, 11) is 0. The second-order valence-corrected chi connectivity index (χ2v) is 7.60. The van der Waals surface area contributed by atoms with Gasteiger partial charge in [0.15, 0.2) is 0 Å². The molecule has 1 aliphatic rings. The third-order valence-corrected chi connectivity index (χ3v) is 5.07. The van der Waals surface area contributed by atoms with Crippen molar-refractivity contribution < 1.29 is 14.3 Å². The van der Waals surface area contributed by atoms with Gasteiger partial charge in [-0.25, -0.2) is 0 Å². The Morgan fingerprint density at radius 3 is 2.83 bits per heavy atom. The number of amides is 1. The summed E-state index contributed by atoms with van der Waals surface area (Å²) < 4.78 is 11.6. The SMILES string of the molecule is CCOc1cc2c(cc1CNC(=O)c1cc(C)sc1C)OC(C)C2. The molecule has 0 fully saturated rings. The van der Waals surface area contributed by atoms with E-state index >= 15 is 0 Å². The molecule has 4 nitrogen and oxygen atoms in total. The minimum atomic E-state index is -0.0471. The van der Waals surface area contributed by atoms with Crippen LogP contribution in [0, 0.1) is 13.8 Å². The van der Waals surface area contributed by atoms with Crippen LogP contribution in [0.5, 0.6) is 11.5 Å². The van der Waals surface area contributed by atoms with Crippen LogP contribution in [0.4, 0.5) is 0 Å². The number of rotatable bonds is 5. The average molecular weight is 345 g/mol. The first-order valence-corrected chi connectivity index (χ1v) is 9.10. The number of nitrogens with one attached hydrogen (secondary N) is 1. The zero-order valence-corrected chi connectivity index (χ0v) is 15.4. The topological polar surface area (TPSA) is 47.6 Å². The fourth-order valence-electron chi connectivity index (χ4n) is 3.04. The van der Waals surface area contributed by atoms with Gasteiger partial charge >= 0.3 is 0 Å². The molecule has 1 N–H and O–H groups in total. The van der Waals surface area contributed by atoms with Crippen LogP contribution in [0.1, 0.15) is 45.1 Å². The lowest BCUT2D eigenvalue weighted by Gasteiger charge is -2.13. The van der Waals surface area contributed by atoms with Gasteiger partial charge in [0.05, 0.1) is 12.2 Å². The van der Waals surface area contributed by atoms with E-state index in [-0.39, 0.29) is 12.0 Å². The van der Waals surface area contributed by atoms with Crippen LogP contribution in [0.2, 0.25) is 0 Å². The lowest BCUT2D eigenvalue weighted by atomic mass is 10.1. The Morgan fingerprint density at radius 2 is 2.17 bits per heavy atom. The first-order valence-electron chi connectivity index (χ1n) is 8.28. The molecule has 24 heavy (non-hydrogen) atoms. The number of ether oxygens (including phenoxy) is 2. The van der Waals surface area contributed by atoms with Gasteiger partial charge in [0.1, 0.15) is 17.6 Å². The van der Waals surface area contributed by atoms with Gasteiger partial charge in [0.2, 0.25) is 0 Å². The summed E-state index contributed by atoms with van der Waals surface area (Å²) in [4.78, 5) is 14.6. The summed E-state index contributed by atoms with van der Waals surface area (Å²) in [5.41, 5.74) is 2.87. The molecule has 0 saturated carbocycles. The van der Waals surface area contributed by atoms with Crippen LogP contribution in [-0.4, -0.2) is 18.6 Å². The van der Waals surface area contributed by atoms with Crippen LogP contribution in [0.15, 0.2) is 18.2 Å². The highest BCUT2D eigenvalue weighted by Crippen LogP contribution is 2.35. The number of benzene rings is 1. The lowest BCUT2D eigenvalue weighted by molar-refractivity contribution is 0.0950. The summed E-state index contributed by atoms with van der Waals surface area (Å²) in [6.45, 7) is 9.03. The molecule has 0 radical (unpaired) electrons. The Balaban J connectivity index is 1.78. The molecule has 0 aliphatic carbocycles. The first kappa shape index (κ1) is 16.8. The summed E-state index contributed by atoms with van der Waals surface area (Å²) in [5, 5.41) is 3.00. The summed E-state index contributed by atoms with van der Waals surface area (Å²) >= 11 is 1.64. The maximum atomic E-state index is 12.4. The molecule has 128 valence electrons. The molecule has 1 amide bonds. The zero-order valence-electron chi connectivity index (χ0n) is 14.6. The van der Waals surface area contributed by atoms with Crippen LogP contribution >= 0.6 is 11.3 Å². The lowest BCUT2D eigenvalue weighted by Crippen LogP contribution is -2.23. The molecule has 0 spiro atoms. The van der Waals surface area contributed by atoms with E-state index in [0.717, 1.165) is 38.8 Å². The van der Waals surface area contributed by atoms with Gasteiger partial charge in [-0.3, -0.25) is 4.79 Å². The second-order valence-electron chi connectivity index (χ2n) is 6.14. The van der Waals surface area contributed by atoms with Crippen molar-refractivity contribution in [3.05, 3.63) is 44.6 Å². The molecule has 1 unspecified atom stereocenters. The van der Waals surface area contributed by atoms with Crippen molar-refractivity contribution in [3.63, 3.8) is 0 Å². The van der Waals surface area contributed by atoms with Crippen molar-refractivity contribution in [2.75, 3.05) is 6.61 Å². The molecule has 0 saturated heterocycles. The van der Waals surface area contributed by atoms with E-state index in [1.54, 1.807) is 11.3 Å². The molecular formula is C19H23NO3S. The van der Waals surface area contributed by atoms with Crippen molar-refractivity contribution in [1.82, 2.24) is 5.32 Å². The normalized spacial score (nSPS) is 15.8. The molecule has 1 aromatic carbocycles. The van der Waals surface area contributed by atoms with Crippen molar-refractivity contribution in [3.8, 4) is 11.5 Å². The maximum absolute atomic E-state index is 12.4. The number of carbonyl (C=O) groups excluding carboxylic acids is 1. The van der Waals surface area contributed by atoms with Crippen molar-refractivity contribution in [2.24, 2.45) is 0 Å². The Hall–Kier alpha value is -2.01. The van der Waals surface area contributed by atoms with Crippen molar-refractivity contribution in [2.45, 2.75) is 46.8 Å². The Labute approximate surface area is 146 Å². The quantitative estimate of drug-likeness (QED) is 0.890. The second kappa shape index (κ2) is 6.85. The standard InChI is InChI=1S/C19H23NO3S/c1-5-22-17-8-14-6-11(2)23-18(14)9-15(17)10-20-19(21)16-7-12(3)24-13(16)4/h7-9,11H,5-6,10H2,1-4H3,(H,20,21). The molecular weight excluding hydrogens is 322 g/mol. The highest BCUT2D eigenvalue weighted by molar-refractivity contribution is 7.12. The third-order valence-electron chi connectivity index (χ3n) is 4.10. The van der Waals surface area contributed by atoms with Gasteiger partial charge in [0.25, 0.3) is 5.91 Å². The minimum Gasteiger partial charge on any atom is -0.494 e. The highest BCUT2D eigenvalue weighted by Gasteiger charge is 2.22. The van der Waals surface area contributed by atoms with Gasteiger partial charge < -0.3 is 14.8 Å². The summed E-state index contributed by atoms with van der Waals surface area (Å²) in [5.74, 6) is 1.68. The molecule has 2 aromatic rings. The van der Waals surface area contributed by atoms with E-state index in [4.69, 9.17) is 9.47 Å². The Morgan fingerprint density at radius 1 is 1.38 bits per heavy atom. The van der Waals surface area contributed by atoms with E-state index in [0.29, 0.717) is 13.2 Å². The molecule has 1 aromatic heterocycles. The monoisotopic (exact) mass is 345 g/mol. The van der Waals surface area contributed by atoms with E-state index in [1.807, 2.05) is 39.0 Å². The number of aryl methyl sites for hydroxylation is 2. The van der Waals surface area contributed by atoms with Gasteiger partial charge in [0, 0.05) is 33.8 Å². The smallest absolute Gasteiger partial charge is 0.252 e. The number of hydrogen-bond donors (Lipinski definition) is 1. The Bertz CT molecular complexity index is 766. The van der Waals surface area contributed by atoms with E-state index in [2.05, 4.69) is 12.2 Å². The number of thiophene rings is 1. The fraction of sp³-hybridized carbons (Fsp3) is 0.421. The van der Waals surface area contributed by atoms with E-state index < -0.39 is 0 Å². The van der Waals surface area contributed by atoms with E-state index in [1.165, 1.54) is 5.56 Å². The predicted molar refractivity (Wildman–Crippen MR) is 96.4 cm³/mol. The number of fused-ring (bicyclic) bond motifs is 1. The Kier molecular flexibility index (Phi) is 4.81. The predicted octanol–water partition coefficient (Wildman–Crippen LogP) is 4.02. The zero-order chi connectivity index (χ0) is 17.3. The van der Waals surface area contributed by atoms with Crippen LogP contribution in [0.25, 0.3) is 0 Å². The van der Waals surface area contributed by atoms with Gasteiger partial charge in [-0.05, 0) is 45.9 Å². The van der Waals surface area contributed by atoms with E-state index in [9.17, 15) is 4.79 Å². The molecule has 1 aliphatic heterocycles. The van der Waals surface area contributed by atoms with Gasteiger partial charge in [-0.1, -0.05) is 0 Å². The van der Waals surface area contributed by atoms with Crippen LogP contribution in [0.3, 0.4) is 0 Å². The summed E-state index contributed by atoms with van der Waals surface area (Å²) in [6.07, 6.45) is 1.09. The fourth-order valence-corrected chi connectivity index (χ4v) is 3.96. The molecule has 5 heteroatoms. The summed E-state index contributed by atoms with van der Waals surface area (Å²) in [6, 6.07) is 5.98. The molecule has 0 bridgehead atoms. The van der Waals surface area contributed by atoms with Crippen molar-refractivity contribution >= 4 is 17.2 Å². The van der Waals surface area contributed by atoms with Crippen LogP contribution in [-0.2, 0) is 13.0 Å². The van der Waals surface area contributed by atoms with Gasteiger partial charge in [-0.15, -0.1) is 11.3 Å². The van der Waals surface area contributed by atoms with Crippen molar-refractivity contribution in [1.29, 1.82) is 0 Å². The maximum Gasteiger partial charge on any atom is 0.252 e. The molecule has 1 atom stereocenters. The average Bonchev–Trinajstić information content (AvgIpc) is 3.05.